The predicted molar refractivity (Wildman–Crippen MR) is 110 cm³/mol. The summed E-state index contributed by atoms with van der Waals surface area (Å²) in [5.74, 6) is -0.531. The highest BCUT2D eigenvalue weighted by Gasteiger charge is 2.17. The molecule has 0 saturated carbocycles. The van der Waals surface area contributed by atoms with Crippen molar-refractivity contribution in [3.05, 3.63) is 88.2 Å². The van der Waals surface area contributed by atoms with Crippen LogP contribution in [0.5, 0.6) is 0 Å². The van der Waals surface area contributed by atoms with E-state index in [-0.39, 0.29) is 17.0 Å². The number of rotatable bonds is 6. The minimum absolute atomic E-state index is 0.0520. The Balaban J connectivity index is 1.53. The fourth-order valence-electron chi connectivity index (χ4n) is 3.31. The zero-order chi connectivity index (χ0) is 20.6. The molecule has 7 nitrogen and oxygen atoms in total. The summed E-state index contributed by atoms with van der Waals surface area (Å²) in [5.41, 5.74) is 3.96. The van der Waals surface area contributed by atoms with E-state index in [1.807, 2.05) is 48.0 Å². The third-order valence-electron chi connectivity index (χ3n) is 4.88. The average Bonchev–Trinajstić information content (AvgIpc) is 3.24. The maximum atomic E-state index is 12.7. The highest BCUT2D eigenvalue weighted by molar-refractivity contribution is 7.89. The van der Waals surface area contributed by atoms with Crippen LogP contribution in [-0.2, 0) is 30.2 Å². The first-order chi connectivity index (χ1) is 13.8. The number of fused-ring (bicyclic) bond motifs is 1. The Morgan fingerprint density at radius 1 is 1.07 bits per heavy atom. The van der Waals surface area contributed by atoms with Gasteiger partial charge in [-0.1, -0.05) is 29.8 Å². The van der Waals surface area contributed by atoms with E-state index in [9.17, 15) is 13.2 Å². The van der Waals surface area contributed by atoms with Crippen LogP contribution in [-0.4, -0.2) is 17.6 Å². The van der Waals surface area contributed by atoms with Crippen molar-refractivity contribution >= 4 is 21.1 Å². The number of hydrogen-bond donors (Lipinski definition) is 1. The van der Waals surface area contributed by atoms with Crippen LogP contribution >= 0.6 is 0 Å². The van der Waals surface area contributed by atoms with Gasteiger partial charge in [0.1, 0.15) is 0 Å². The van der Waals surface area contributed by atoms with Gasteiger partial charge in [0.05, 0.1) is 17.0 Å². The standard InChI is InChI=1S/C21H21N3O4S/c1-15-5-3-6-16(11-15)14-24-10-4-7-17(24)13-22-29(26,27)18-8-9-19-20(12-18)28-21(25)23(19)2/h3-12,22H,13-14H2,1-2H3. The summed E-state index contributed by atoms with van der Waals surface area (Å²) < 4.78 is 36.5. The normalized spacial score (nSPS) is 11.9. The van der Waals surface area contributed by atoms with Crippen molar-refractivity contribution in [2.45, 2.75) is 24.9 Å². The number of hydrogen-bond acceptors (Lipinski definition) is 4. The van der Waals surface area contributed by atoms with Gasteiger partial charge in [0, 0.05) is 31.5 Å². The van der Waals surface area contributed by atoms with Gasteiger partial charge in [-0.2, -0.15) is 0 Å². The summed E-state index contributed by atoms with van der Waals surface area (Å²) in [4.78, 5) is 11.7. The van der Waals surface area contributed by atoms with Gasteiger partial charge < -0.3 is 8.98 Å². The van der Waals surface area contributed by atoms with E-state index in [0.29, 0.717) is 12.1 Å². The lowest BCUT2D eigenvalue weighted by atomic mass is 10.1. The molecule has 1 N–H and O–H groups in total. The predicted octanol–water partition coefficient (Wildman–Crippen LogP) is 2.77. The minimum Gasteiger partial charge on any atom is -0.408 e. The van der Waals surface area contributed by atoms with E-state index >= 15 is 0 Å². The number of oxazole rings is 1. The molecular weight excluding hydrogens is 390 g/mol. The molecule has 8 heteroatoms. The van der Waals surface area contributed by atoms with Crippen molar-refractivity contribution in [2.24, 2.45) is 7.05 Å². The third-order valence-corrected chi connectivity index (χ3v) is 6.28. The molecule has 4 aromatic rings. The van der Waals surface area contributed by atoms with Crippen LogP contribution in [0.25, 0.3) is 11.1 Å². The van der Waals surface area contributed by atoms with Crippen molar-refractivity contribution in [2.75, 3.05) is 0 Å². The number of aryl methyl sites for hydroxylation is 2. The number of benzene rings is 2. The van der Waals surface area contributed by atoms with E-state index in [4.69, 9.17) is 4.42 Å². The molecule has 29 heavy (non-hydrogen) atoms. The fraction of sp³-hybridized carbons (Fsp3) is 0.190. The second-order valence-electron chi connectivity index (χ2n) is 7.00. The second-order valence-corrected chi connectivity index (χ2v) is 8.76. The molecule has 0 aliphatic rings. The molecule has 0 aliphatic heterocycles. The van der Waals surface area contributed by atoms with Gasteiger partial charge in [-0.05, 0) is 36.8 Å². The van der Waals surface area contributed by atoms with E-state index in [0.717, 1.165) is 11.3 Å². The number of nitrogens with one attached hydrogen (secondary N) is 1. The zero-order valence-corrected chi connectivity index (χ0v) is 16.9. The molecule has 2 aromatic heterocycles. The van der Waals surface area contributed by atoms with Crippen LogP contribution in [0.4, 0.5) is 0 Å². The Morgan fingerprint density at radius 2 is 1.90 bits per heavy atom. The zero-order valence-electron chi connectivity index (χ0n) is 16.1. The van der Waals surface area contributed by atoms with Gasteiger partial charge in [-0.3, -0.25) is 4.57 Å². The molecular formula is C21H21N3O4S. The molecule has 150 valence electrons. The molecule has 0 spiro atoms. The van der Waals surface area contributed by atoms with Crippen molar-refractivity contribution in [1.29, 1.82) is 0 Å². The number of sulfonamides is 1. The lowest BCUT2D eigenvalue weighted by Crippen LogP contribution is -2.24. The first kappa shape index (κ1) is 19.2. The lowest BCUT2D eigenvalue weighted by molar-refractivity contribution is 0.527. The van der Waals surface area contributed by atoms with Gasteiger partial charge in [0.2, 0.25) is 10.0 Å². The molecule has 0 atom stereocenters. The van der Waals surface area contributed by atoms with Gasteiger partial charge in [-0.15, -0.1) is 0 Å². The van der Waals surface area contributed by atoms with Crippen LogP contribution < -0.4 is 10.5 Å². The summed E-state index contributed by atoms with van der Waals surface area (Å²) in [6.07, 6.45) is 1.93. The SMILES string of the molecule is Cc1cccc(Cn2cccc2CNS(=O)(=O)c2ccc3c(c2)oc(=O)n3C)c1. The Hall–Kier alpha value is -3.10. The van der Waals surface area contributed by atoms with Gasteiger partial charge in [0.25, 0.3) is 0 Å². The maximum absolute atomic E-state index is 12.7. The molecule has 0 amide bonds. The minimum atomic E-state index is -3.76. The molecule has 4 rings (SSSR count). The Labute approximate surface area is 168 Å². The molecule has 0 unspecified atom stereocenters. The average molecular weight is 411 g/mol. The molecule has 0 aliphatic carbocycles. The largest absolute Gasteiger partial charge is 0.419 e. The molecule has 0 saturated heterocycles. The van der Waals surface area contributed by atoms with Gasteiger partial charge >= 0.3 is 5.76 Å². The molecule has 0 bridgehead atoms. The first-order valence-electron chi connectivity index (χ1n) is 9.12. The third kappa shape index (κ3) is 3.90. The molecule has 0 fully saturated rings. The van der Waals surface area contributed by atoms with Crippen LogP contribution in [0.1, 0.15) is 16.8 Å². The Bertz CT molecular complexity index is 1350. The van der Waals surface area contributed by atoms with Gasteiger partial charge in [-0.25, -0.2) is 17.9 Å². The summed E-state index contributed by atoms with van der Waals surface area (Å²) in [6.45, 7) is 2.85. The summed E-state index contributed by atoms with van der Waals surface area (Å²) in [6, 6.07) is 16.4. The Kier molecular flexibility index (Phi) is 4.89. The van der Waals surface area contributed by atoms with E-state index in [1.54, 1.807) is 13.1 Å². The van der Waals surface area contributed by atoms with Gasteiger partial charge in [0.15, 0.2) is 5.58 Å². The van der Waals surface area contributed by atoms with E-state index in [2.05, 4.69) is 10.8 Å². The summed E-state index contributed by atoms with van der Waals surface area (Å²) in [7, 11) is -2.19. The summed E-state index contributed by atoms with van der Waals surface area (Å²) >= 11 is 0. The smallest absolute Gasteiger partial charge is 0.408 e. The number of aromatic nitrogens is 2. The maximum Gasteiger partial charge on any atom is 0.419 e. The van der Waals surface area contributed by atoms with Crippen LogP contribution in [0.15, 0.2) is 74.9 Å². The first-order valence-corrected chi connectivity index (χ1v) is 10.6. The van der Waals surface area contributed by atoms with Crippen molar-refractivity contribution in [3.8, 4) is 0 Å². The quantitative estimate of drug-likeness (QED) is 0.529. The van der Waals surface area contributed by atoms with Crippen molar-refractivity contribution in [3.63, 3.8) is 0 Å². The monoisotopic (exact) mass is 411 g/mol. The van der Waals surface area contributed by atoms with Crippen molar-refractivity contribution < 1.29 is 12.8 Å². The highest BCUT2D eigenvalue weighted by atomic mass is 32.2. The highest BCUT2D eigenvalue weighted by Crippen LogP contribution is 2.18. The summed E-state index contributed by atoms with van der Waals surface area (Å²) in [5, 5.41) is 0. The van der Waals surface area contributed by atoms with E-state index < -0.39 is 15.8 Å². The molecule has 2 aromatic carbocycles. The molecule has 2 heterocycles. The molecule has 0 radical (unpaired) electrons. The Morgan fingerprint density at radius 3 is 2.69 bits per heavy atom. The topological polar surface area (TPSA) is 86.2 Å². The van der Waals surface area contributed by atoms with Crippen LogP contribution in [0.3, 0.4) is 0 Å². The lowest BCUT2D eigenvalue weighted by Gasteiger charge is -2.11. The van der Waals surface area contributed by atoms with Crippen LogP contribution in [0, 0.1) is 6.92 Å². The van der Waals surface area contributed by atoms with Crippen molar-refractivity contribution in [1.82, 2.24) is 13.9 Å². The second kappa shape index (κ2) is 7.38. The van der Waals surface area contributed by atoms with E-state index in [1.165, 1.54) is 22.3 Å². The fourth-order valence-corrected chi connectivity index (χ4v) is 4.32. The van der Waals surface area contributed by atoms with Crippen LogP contribution in [0.2, 0.25) is 0 Å². The number of nitrogens with zero attached hydrogens (tertiary/aromatic N) is 2.